The molecule has 4 nitrogen and oxygen atoms in total. The maximum atomic E-state index is 12.0. The molecular formula is C16H20ClNO3. The Morgan fingerprint density at radius 3 is 2.90 bits per heavy atom. The van der Waals surface area contributed by atoms with E-state index in [9.17, 15) is 9.90 Å². The maximum Gasteiger partial charge on any atom is 0.246 e. The lowest BCUT2D eigenvalue weighted by Gasteiger charge is -2.19. The molecule has 1 aliphatic rings. The van der Waals surface area contributed by atoms with Crippen LogP contribution in [0.4, 0.5) is 0 Å². The number of carbonyl (C=O) groups excluding carboxylic acids is 1. The first kappa shape index (κ1) is 15.9. The number of hydrogen-bond donors (Lipinski definition) is 1. The maximum absolute atomic E-state index is 12.0. The Kier molecular flexibility index (Phi) is 5.26. The number of carbonyl (C=O) groups is 1. The van der Waals surface area contributed by atoms with Gasteiger partial charge in [0, 0.05) is 30.3 Å². The number of nitrogens with zero attached hydrogens (tertiary/aromatic N) is 1. The van der Waals surface area contributed by atoms with E-state index in [1.165, 1.54) is 11.0 Å². The van der Waals surface area contributed by atoms with Gasteiger partial charge in [-0.05, 0) is 43.0 Å². The summed E-state index contributed by atoms with van der Waals surface area (Å²) in [6.07, 6.45) is 4.83. The van der Waals surface area contributed by atoms with E-state index in [4.69, 9.17) is 16.3 Å². The minimum Gasteiger partial charge on any atom is -0.496 e. The van der Waals surface area contributed by atoms with E-state index in [2.05, 4.69) is 0 Å². The summed E-state index contributed by atoms with van der Waals surface area (Å²) < 4.78 is 5.22. The van der Waals surface area contributed by atoms with Crippen LogP contribution in [0.2, 0.25) is 5.02 Å². The molecule has 1 unspecified atom stereocenters. The third kappa shape index (κ3) is 4.48. The fraction of sp³-hybridized carbons (Fsp3) is 0.438. The van der Waals surface area contributed by atoms with Crippen LogP contribution in [0.5, 0.6) is 5.75 Å². The molecule has 0 aliphatic heterocycles. The molecule has 114 valence electrons. The molecule has 5 heteroatoms. The molecule has 0 heterocycles. The van der Waals surface area contributed by atoms with Crippen LogP contribution in [-0.2, 0) is 4.79 Å². The molecule has 0 aromatic heterocycles. The highest BCUT2D eigenvalue weighted by Gasteiger charge is 2.30. The van der Waals surface area contributed by atoms with Gasteiger partial charge in [-0.3, -0.25) is 4.79 Å². The molecule has 0 saturated heterocycles. The topological polar surface area (TPSA) is 49.8 Å². The molecule has 1 atom stereocenters. The summed E-state index contributed by atoms with van der Waals surface area (Å²) in [5.41, 5.74) is 0.745. The summed E-state index contributed by atoms with van der Waals surface area (Å²) >= 11 is 5.94. The highest BCUT2D eigenvalue weighted by molar-refractivity contribution is 6.30. The molecule has 1 amide bonds. The average Bonchev–Trinajstić information content (AvgIpc) is 3.29. The van der Waals surface area contributed by atoms with Gasteiger partial charge in [0.25, 0.3) is 0 Å². The summed E-state index contributed by atoms with van der Waals surface area (Å²) in [6, 6.07) is 5.23. The Morgan fingerprint density at radius 2 is 2.29 bits per heavy atom. The van der Waals surface area contributed by atoms with Crippen LogP contribution in [0, 0.1) is 5.92 Å². The van der Waals surface area contributed by atoms with Crippen molar-refractivity contribution in [2.24, 2.45) is 5.92 Å². The minimum absolute atomic E-state index is 0.156. The largest absolute Gasteiger partial charge is 0.496 e. The monoisotopic (exact) mass is 309 g/mol. The van der Waals surface area contributed by atoms with Crippen LogP contribution in [0.25, 0.3) is 6.08 Å². The molecule has 1 aliphatic carbocycles. The fourth-order valence-corrected chi connectivity index (χ4v) is 2.30. The second kappa shape index (κ2) is 6.96. The number of ether oxygens (including phenoxy) is 1. The minimum atomic E-state index is -0.423. The molecule has 0 bridgehead atoms. The first-order chi connectivity index (χ1) is 10.0. The van der Waals surface area contributed by atoms with Gasteiger partial charge in [0.2, 0.25) is 5.91 Å². The predicted molar refractivity (Wildman–Crippen MR) is 83.4 cm³/mol. The van der Waals surface area contributed by atoms with Gasteiger partial charge in [0.15, 0.2) is 0 Å². The molecule has 0 radical (unpaired) electrons. The van der Waals surface area contributed by atoms with Crippen molar-refractivity contribution >= 4 is 23.6 Å². The number of hydrogen-bond acceptors (Lipinski definition) is 3. The molecule has 0 spiro atoms. The SMILES string of the molecule is COc1ccc(Cl)cc1C=CC(=O)N(C)CC(O)C1CC1. The van der Waals surface area contributed by atoms with Crippen molar-refractivity contribution in [3.05, 3.63) is 34.9 Å². The number of amides is 1. The highest BCUT2D eigenvalue weighted by atomic mass is 35.5. The number of likely N-dealkylation sites (N-methyl/N-ethyl adjacent to an activating group) is 1. The van der Waals surface area contributed by atoms with Crippen molar-refractivity contribution in [3.8, 4) is 5.75 Å². The summed E-state index contributed by atoms with van der Waals surface area (Å²) in [5.74, 6) is 0.859. The van der Waals surface area contributed by atoms with Gasteiger partial charge in [0.05, 0.1) is 13.2 Å². The average molecular weight is 310 g/mol. The van der Waals surface area contributed by atoms with Crippen LogP contribution >= 0.6 is 11.6 Å². The fourth-order valence-electron chi connectivity index (χ4n) is 2.12. The Balaban J connectivity index is 1.99. The van der Waals surface area contributed by atoms with E-state index in [-0.39, 0.29) is 5.91 Å². The van der Waals surface area contributed by atoms with E-state index in [1.54, 1.807) is 38.4 Å². The van der Waals surface area contributed by atoms with Crippen LogP contribution in [-0.4, -0.2) is 42.7 Å². The van der Waals surface area contributed by atoms with Crippen molar-refractivity contribution < 1.29 is 14.6 Å². The Bertz CT molecular complexity index is 540. The second-order valence-corrected chi connectivity index (χ2v) is 5.78. The molecule has 21 heavy (non-hydrogen) atoms. The number of methoxy groups -OCH3 is 1. The molecule has 1 fully saturated rings. The zero-order chi connectivity index (χ0) is 15.4. The number of aliphatic hydroxyl groups excluding tert-OH is 1. The number of rotatable bonds is 6. The van der Waals surface area contributed by atoms with E-state index >= 15 is 0 Å². The van der Waals surface area contributed by atoms with Crippen LogP contribution in [0.3, 0.4) is 0 Å². The van der Waals surface area contributed by atoms with E-state index in [1.807, 2.05) is 0 Å². The number of aliphatic hydroxyl groups is 1. The predicted octanol–water partition coefficient (Wildman–Crippen LogP) is 2.59. The van der Waals surface area contributed by atoms with Crippen molar-refractivity contribution in [2.75, 3.05) is 20.7 Å². The lowest BCUT2D eigenvalue weighted by atomic mass is 10.2. The van der Waals surface area contributed by atoms with Gasteiger partial charge >= 0.3 is 0 Å². The molecule has 1 aromatic rings. The summed E-state index contributed by atoms with van der Waals surface area (Å²) in [4.78, 5) is 13.6. The van der Waals surface area contributed by atoms with Crippen LogP contribution < -0.4 is 4.74 Å². The lowest BCUT2D eigenvalue weighted by Crippen LogP contribution is -2.34. The van der Waals surface area contributed by atoms with Gasteiger partial charge < -0.3 is 14.7 Å². The van der Waals surface area contributed by atoms with E-state index in [0.717, 1.165) is 18.4 Å². The summed E-state index contributed by atoms with van der Waals surface area (Å²) in [7, 11) is 3.26. The van der Waals surface area contributed by atoms with Gasteiger partial charge in [-0.25, -0.2) is 0 Å². The Labute approximate surface area is 130 Å². The molecule has 2 rings (SSSR count). The van der Waals surface area contributed by atoms with Crippen molar-refractivity contribution in [1.29, 1.82) is 0 Å². The zero-order valence-corrected chi connectivity index (χ0v) is 13.0. The number of benzene rings is 1. The molecular weight excluding hydrogens is 290 g/mol. The summed E-state index contributed by atoms with van der Waals surface area (Å²) in [6.45, 7) is 0.362. The zero-order valence-electron chi connectivity index (χ0n) is 12.3. The van der Waals surface area contributed by atoms with Gasteiger partial charge in [0.1, 0.15) is 5.75 Å². The molecule has 1 saturated carbocycles. The van der Waals surface area contributed by atoms with Gasteiger partial charge in [-0.1, -0.05) is 11.6 Å². The van der Waals surface area contributed by atoms with Crippen molar-refractivity contribution in [2.45, 2.75) is 18.9 Å². The Morgan fingerprint density at radius 1 is 1.57 bits per heavy atom. The quantitative estimate of drug-likeness (QED) is 0.822. The van der Waals surface area contributed by atoms with Crippen LogP contribution in [0.1, 0.15) is 18.4 Å². The van der Waals surface area contributed by atoms with Crippen molar-refractivity contribution in [1.82, 2.24) is 4.90 Å². The van der Waals surface area contributed by atoms with E-state index < -0.39 is 6.10 Å². The lowest BCUT2D eigenvalue weighted by molar-refractivity contribution is -0.126. The third-order valence-corrected chi connectivity index (χ3v) is 3.84. The Hall–Kier alpha value is -1.52. The van der Waals surface area contributed by atoms with E-state index in [0.29, 0.717) is 23.2 Å². The van der Waals surface area contributed by atoms with Crippen molar-refractivity contribution in [3.63, 3.8) is 0 Å². The first-order valence-electron chi connectivity index (χ1n) is 6.96. The third-order valence-electron chi connectivity index (χ3n) is 3.60. The number of halogens is 1. The van der Waals surface area contributed by atoms with Crippen LogP contribution in [0.15, 0.2) is 24.3 Å². The van der Waals surface area contributed by atoms with Gasteiger partial charge in [-0.15, -0.1) is 0 Å². The smallest absolute Gasteiger partial charge is 0.246 e. The van der Waals surface area contributed by atoms with Gasteiger partial charge in [-0.2, -0.15) is 0 Å². The summed E-state index contributed by atoms with van der Waals surface area (Å²) in [5, 5.41) is 10.4. The highest BCUT2D eigenvalue weighted by Crippen LogP contribution is 2.32. The standard InChI is InChI=1S/C16H20ClNO3/c1-18(10-14(19)11-3-4-11)16(20)8-5-12-9-13(17)6-7-15(12)21-2/h5-9,11,14,19H,3-4,10H2,1-2H3. The molecule has 1 aromatic carbocycles. The molecule has 1 N–H and O–H groups in total. The first-order valence-corrected chi connectivity index (χ1v) is 7.34. The second-order valence-electron chi connectivity index (χ2n) is 5.34. The normalized spacial score (nSPS) is 16.0.